The second-order valence-corrected chi connectivity index (χ2v) is 5.96. The molecular weight excluding hydrogens is 290 g/mol. The van der Waals surface area contributed by atoms with Gasteiger partial charge < -0.3 is 4.90 Å². The Bertz CT molecular complexity index is 570. The maximum absolute atomic E-state index is 4.53. The van der Waals surface area contributed by atoms with E-state index in [9.17, 15) is 0 Å². The summed E-state index contributed by atoms with van der Waals surface area (Å²) >= 11 is 3.45. The van der Waals surface area contributed by atoms with Crippen molar-refractivity contribution in [3.63, 3.8) is 0 Å². The van der Waals surface area contributed by atoms with E-state index in [0.29, 0.717) is 0 Å². The van der Waals surface area contributed by atoms with Gasteiger partial charge >= 0.3 is 0 Å². The van der Waals surface area contributed by atoms with Crippen molar-refractivity contribution >= 4 is 32.7 Å². The highest BCUT2D eigenvalue weighted by molar-refractivity contribution is 9.10. The van der Waals surface area contributed by atoms with Crippen LogP contribution >= 0.6 is 15.9 Å². The Morgan fingerprint density at radius 1 is 1.39 bits per heavy atom. The van der Waals surface area contributed by atoms with Crippen LogP contribution in [0.15, 0.2) is 29.0 Å². The summed E-state index contributed by atoms with van der Waals surface area (Å²) < 4.78 is 0.978. The molecule has 2 aromatic heterocycles. The molecular formula is C14H16BrN3. The molecule has 0 aromatic carbocycles. The minimum absolute atomic E-state index is 0.761. The van der Waals surface area contributed by atoms with Gasteiger partial charge in [-0.05, 0) is 46.8 Å². The third-order valence-corrected chi connectivity index (χ3v) is 3.95. The third kappa shape index (κ3) is 2.21. The SMILES string of the molecule is CC1CCCN(c2ccnc3cc(Br)cnc23)C1. The first-order chi connectivity index (χ1) is 8.74. The van der Waals surface area contributed by atoms with Gasteiger partial charge in [-0.2, -0.15) is 0 Å². The van der Waals surface area contributed by atoms with Crippen molar-refractivity contribution < 1.29 is 0 Å². The topological polar surface area (TPSA) is 29.0 Å². The molecule has 4 heteroatoms. The Morgan fingerprint density at radius 3 is 3.11 bits per heavy atom. The van der Waals surface area contributed by atoms with Crippen molar-refractivity contribution in [1.29, 1.82) is 0 Å². The molecule has 0 saturated carbocycles. The summed E-state index contributed by atoms with van der Waals surface area (Å²) in [7, 11) is 0. The monoisotopic (exact) mass is 305 g/mol. The van der Waals surface area contributed by atoms with E-state index < -0.39 is 0 Å². The zero-order chi connectivity index (χ0) is 12.5. The van der Waals surface area contributed by atoms with Crippen molar-refractivity contribution in [3.8, 4) is 0 Å². The number of halogens is 1. The molecule has 0 spiro atoms. The highest BCUT2D eigenvalue weighted by atomic mass is 79.9. The molecule has 1 aliphatic rings. The minimum atomic E-state index is 0.761. The summed E-state index contributed by atoms with van der Waals surface area (Å²) in [4.78, 5) is 11.4. The minimum Gasteiger partial charge on any atom is -0.369 e. The molecule has 3 heterocycles. The molecule has 3 rings (SSSR count). The van der Waals surface area contributed by atoms with Crippen LogP contribution in [0, 0.1) is 5.92 Å². The van der Waals surface area contributed by atoms with Gasteiger partial charge in [0.2, 0.25) is 0 Å². The van der Waals surface area contributed by atoms with Gasteiger partial charge in [-0.15, -0.1) is 0 Å². The van der Waals surface area contributed by atoms with Crippen molar-refractivity contribution in [1.82, 2.24) is 9.97 Å². The summed E-state index contributed by atoms with van der Waals surface area (Å²) in [6.07, 6.45) is 6.33. The molecule has 1 fully saturated rings. The normalized spacial score (nSPS) is 20.3. The van der Waals surface area contributed by atoms with Crippen LogP contribution in [0.25, 0.3) is 11.0 Å². The quantitative estimate of drug-likeness (QED) is 0.805. The van der Waals surface area contributed by atoms with Crippen LogP contribution in [0.4, 0.5) is 5.69 Å². The molecule has 1 atom stereocenters. The summed E-state index contributed by atoms with van der Waals surface area (Å²) in [6, 6.07) is 4.11. The van der Waals surface area contributed by atoms with E-state index in [4.69, 9.17) is 0 Å². The van der Waals surface area contributed by atoms with E-state index in [-0.39, 0.29) is 0 Å². The van der Waals surface area contributed by atoms with Crippen LogP contribution in [0.2, 0.25) is 0 Å². The molecule has 3 nitrogen and oxygen atoms in total. The fourth-order valence-corrected chi connectivity index (χ4v) is 2.97. The second kappa shape index (κ2) is 4.84. The molecule has 0 radical (unpaired) electrons. The summed E-state index contributed by atoms with van der Waals surface area (Å²) in [5.74, 6) is 0.761. The first-order valence-electron chi connectivity index (χ1n) is 6.39. The van der Waals surface area contributed by atoms with Gasteiger partial charge in [-0.3, -0.25) is 9.97 Å². The second-order valence-electron chi connectivity index (χ2n) is 5.04. The molecule has 2 aromatic rings. The molecule has 0 aliphatic carbocycles. The lowest BCUT2D eigenvalue weighted by Gasteiger charge is -2.33. The third-order valence-electron chi connectivity index (χ3n) is 3.52. The number of hydrogen-bond donors (Lipinski definition) is 0. The van der Waals surface area contributed by atoms with Crippen LogP contribution in [-0.2, 0) is 0 Å². The fraction of sp³-hybridized carbons (Fsp3) is 0.429. The standard InChI is InChI=1S/C14H16BrN3/c1-10-3-2-6-18(9-10)13-4-5-16-12-7-11(15)8-17-14(12)13/h4-5,7-8,10H,2-3,6,9H2,1H3. The largest absolute Gasteiger partial charge is 0.369 e. The number of aromatic nitrogens is 2. The molecule has 1 unspecified atom stereocenters. The van der Waals surface area contributed by atoms with E-state index in [2.05, 4.69) is 43.8 Å². The predicted octanol–water partition coefficient (Wildman–Crippen LogP) is 3.63. The summed E-state index contributed by atoms with van der Waals surface area (Å²) in [5, 5.41) is 0. The van der Waals surface area contributed by atoms with E-state index in [1.807, 2.05) is 18.5 Å². The number of rotatable bonds is 1. The van der Waals surface area contributed by atoms with Crippen molar-refractivity contribution in [2.45, 2.75) is 19.8 Å². The van der Waals surface area contributed by atoms with Gasteiger partial charge in [0.15, 0.2) is 0 Å². The molecule has 1 saturated heterocycles. The highest BCUT2D eigenvalue weighted by Gasteiger charge is 2.18. The number of hydrogen-bond acceptors (Lipinski definition) is 3. The Hall–Kier alpha value is -1.16. The summed E-state index contributed by atoms with van der Waals surface area (Å²) in [5.41, 5.74) is 3.19. The van der Waals surface area contributed by atoms with Crippen molar-refractivity contribution in [2.75, 3.05) is 18.0 Å². The maximum Gasteiger partial charge on any atom is 0.112 e. The first-order valence-corrected chi connectivity index (χ1v) is 7.18. The lowest BCUT2D eigenvalue weighted by atomic mass is 10.00. The number of anilines is 1. The van der Waals surface area contributed by atoms with Crippen molar-refractivity contribution in [3.05, 3.63) is 29.0 Å². The predicted molar refractivity (Wildman–Crippen MR) is 77.8 cm³/mol. The number of piperidine rings is 1. The van der Waals surface area contributed by atoms with E-state index >= 15 is 0 Å². The van der Waals surface area contributed by atoms with Gasteiger partial charge in [-0.25, -0.2) is 0 Å². The molecule has 1 aliphatic heterocycles. The highest BCUT2D eigenvalue weighted by Crippen LogP contribution is 2.28. The molecule has 0 N–H and O–H groups in total. The average molecular weight is 306 g/mol. The lowest BCUT2D eigenvalue weighted by Crippen LogP contribution is -2.34. The lowest BCUT2D eigenvalue weighted by molar-refractivity contribution is 0.447. The van der Waals surface area contributed by atoms with Gasteiger partial charge in [-0.1, -0.05) is 6.92 Å². The van der Waals surface area contributed by atoms with Crippen LogP contribution in [0.3, 0.4) is 0 Å². The summed E-state index contributed by atoms with van der Waals surface area (Å²) in [6.45, 7) is 4.57. The van der Waals surface area contributed by atoms with E-state index in [1.54, 1.807) is 0 Å². The number of fused-ring (bicyclic) bond motifs is 1. The van der Waals surface area contributed by atoms with E-state index in [0.717, 1.165) is 34.5 Å². The zero-order valence-electron chi connectivity index (χ0n) is 10.4. The molecule has 0 bridgehead atoms. The maximum atomic E-state index is 4.53. The molecule has 0 amide bonds. The van der Waals surface area contributed by atoms with Crippen LogP contribution in [0.1, 0.15) is 19.8 Å². The van der Waals surface area contributed by atoms with Gasteiger partial charge in [0.25, 0.3) is 0 Å². The van der Waals surface area contributed by atoms with Crippen LogP contribution in [0.5, 0.6) is 0 Å². The van der Waals surface area contributed by atoms with E-state index in [1.165, 1.54) is 18.5 Å². The average Bonchev–Trinajstić information content (AvgIpc) is 2.37. The van der Waals surface area contributed by atoms with Crippen LogP contribution in [-0.4, -0.2) is 23.1 Å². The smallest absolute Gasteiger partial charge is 0.112 e. The van der Waals surface area contributed by atoms with Gasteiger partial charge in [0.05, 0.1) is 11.2 Å². The molecule has 18 heavy (non-hydrogen) atoms. The first kappa shape index (κ1) is 11.9. The zero-order valence-corrected chi connectivity index (χ0v) is 12.0. The number of nitrogens with zero attached hydrogens (tertiary/aromatic N) is 3. The Morgan fingerprint density at radius 2 is 2.28 bits per heavy atom. The fourth-order valence-electron chi connectivity index (χ4n) is 2.65. The molecule has 94 valence electrons. The Labute approximate surface area is 115 Å². The van der Waals surface area contributed by atoms with Gasteiger partial charge in [0.1, 0.15) is 5.52 Å². The van der Waals surface area contributed by atoms with Crippen molar-refractivity contribution in [2.24, 2.45) is 5.92 Å². The Kier molecular flexibility index (Phi) is 3.20. The van der Waals surface area contributed by atoms with Crippen LogP contribution < -0.4 is 4.90 Å². The number of pyridine rings is 2. The Balaban J connectivity index is 2.05. The van der Waals surface area contributed by atoms with Gasteiger partial charge in [0, 0.05) is 30.0 Å².